The normalized spacial score (nSPS) is 14.7. The molecule has 1 atom stereocenters. The van der Waals surface area contributed by atoms with Gasteiger partial charge in [0.2, 0.25) is 0 Å². The highest BCUT2D eigenvalue weighted by molar-refractivity contribution is 9.10. The number of nitrogens with two attached hydrogens (primary N) is 1. The molecule has 0 aliphatic rings. The second-order valence-corrected chi connectivity index (χ2v) is 7.05. The van der Waals surface area contributed by atoms with Crippen molar-refractivity contribution >= 4 is 55.7 Å². The topological polar surface area (TPSA) is 64.1 Å². The van der Waals surface area contributed by atoms with Crippen molar-refractivity contribution in [3.63, 3.8) is 0 Å². The van der Waals surface area contributed by atoms with Crippen molar-refractivity contribution < 1.29 is 7.16 Å². The third-order valence-electron chi connectivity index (χ3n) is 2.97. The van der Waals surface area contributed by atoms with Crippen molar-refractivity contribution in [2.45, 2.75) is 25.9 Å². The third kappa shape index (κ3) is 3.30. The SMILES string of the molecule is [2H]C([2H])(Nc1cc(Cl)nc2c(Br)c(C[C@H](C)N)oc12)c1cccs1. The number of furan rings is 1. The number of rotatable bonds is 5. The molecule has 0 fully saturated rings. The van der Waals surface area contributed by atoms with E-state index in [9.17, 15) is 0 Å². The first-order chi connectivity index (χ1) is 11.3. The van der Waals surface area contributed by atoms with Gasteiger partial charge in [0.25, 0.3) is 0 Å². The molecule has 0 aromatic carbocycles. The molecule has 3 aromatic rings. The number of pyridine rings is 1. The van der Waals surface area contributed by atoms with Crippen LogP contribution in [0.15, 0.2) is 32.5 Å². The van der Waals surface area contributed by atoms with Gasteiger partial charge in [0.15, 0.2) is 5.58 Å². The van der Waals surface area contributed by atoms with E-state index < -0.39 is 6.50 Å². The molecular weight excluding hydrogens is 386 g/mol. The lowest BCUT2D eigenvalue weighted by Crippen LogP contribution is -2.17. The second-order valence-electron chi connectivity index (χ2n) is 4.92. The van der Waals surface area contributed by atoms with Crippen molar-refractivity contribution in [2.75, 3.05) is 5.32 Å². The minimum Gasteiger partial charge on any atom is -0.456 e. The Hall–Kier alpha value is -1.08. The highest BCUT2D eigenvalue weighted by atomic mass is 79.9. The minimum absolute atomic E-state index is 0.0775. The largest absolute Gasteiger partial charge is 0.456 e. The molecule has 3 aromatic heterocycles. The predicted molar refractivity (Wildman–Crippen MR) is 95.7 cm³/mol. The second kappa shape index (κ2) is 6.58. The predicted octanol–water partition coefficient (Wildman–Crippen LogP) is 4.81. The highest BCUT2D eigenvalue weighted by Crippen LogP contribution is 2.36. The molecule has 7 heteroatoms. The molecule has 22 heavy (non-hydrogen) atoms. The Morgan fingerprint density at radius 2 is 2.45 bits per heavy atom. The molecule has 116 valence electrons. The van der Waals surface area contributed by atoms with Gasteiger partial charge < -0.3 is 15.5 Å². The van der Waals surface area contributed by atoms with E-state index in [1.807, 2.05) is 12.3 Å². The zero-order valence-electron chi connectivity index (χ0n) is 13.7. The molecule has 0 unspecified atom stereocenters. The minimum atomic E-state index is -1.76. The summed E-state index contributed by atoms with van der Waals surface area (Å²) in [6.45, 7) is 0.126. The van der Waals surface area contributed by atoms with Crippen molar-refractivity contribution in [3.8, 4) is 0 Å². The van der Waals surface area contributed by atoms with Crippen molar-refractivity contribution in [1.29, 1.82) is 0 Å². The molecular formula is C15H15BrClN3OS. The zero-order chi connectivity index (χ0) is 17.5. The van der Waals surface area contributed by atoms with E-state index in [1.165, 1.54) is 11.3 Å². The van der Waals surface area contributed by atoms with Gasteiger partial charge in [-0.15, -0.1) is 11.3 Å². The van der Waals surface area contributed by atoms with Crippen LogP contribution in [0.5, 0.6) is 0 Å². The lowest BCUT2D eigenvalue weighted by molar-refractivity contribution is 0.523. The number of hydrogen-bond acceptors (Lipinski definition) is 5. The number of thiophene rings is 1. The van der Waals surface area contributed by atoms with Gasteiger partial charge in [-0.05, 0) is 34.3 Å². The van der Waals surface area contributed by atoms with Crippen LogP contribution in [0.1, 0.15) is 20.3 Å². The number of hydrogen-bond donors (Lipinski definition) is 2. The molecule has 0 saturated heterocycles. The van der Waals surface area contributed by atoms with Crippen molar-refractivity contribution in [3.05, 3.63) is 43.8 Å². The van der Waals surface area contributed by atoms with Gasteiger partial charge in [-0.2, -0.15) is 0 Å². The van der Waals surface area contributed by atoms with E-state index in [-0.39, 0.29) is 11.2 Å². The number of nitrogens with one attached hydrogen (secondary N) is 1. The maximum atomic E-state index is 8.27. The van der Waals surface area contributed by atoms with Crippen LogP contribution in [0.3, 0.4) is 0 Å². The highest BCUT2D eigenvalue weighted by Gasteiger charge is 2.18. The molecule has 0 bridgehead atoms. The summed E-state index contributed by atoms with van der Waals surface area (Å²) in [5, 5.41) is 4.95. The Morgan fingerprint density at radius 3 is 3.14 bits per heavy atom. The van der Waals surface area contributed by atoms with E-state index >= 15 is 0 Å². The zero-order valence-corrected chi connectivity index (χ0v) is 14.8. The van der Waals surface area contributed by atoms with Crippen LogP contribution in [0.2, 0.25) is 5.15 Å². The van der Waals surface area contributed by atoms with E-state index in [2.05, 4.69) is 26.2 Å². The summed E-state index contributed by atoms with van der Waals surface area (Å²) in [5.41, 5.74) is 7.28. The Bertz CT molecular complexity index is 867. The molecule has 3 rings (SSSR count). The fourth-order valence-electron chi connectivity index (χ4n) is 2.05. The third-order valence-corrected chi connectivity index (χ3v) is 4.77. The molecule has 3 heterocycles. The van der Waals surface area contributed by atoms with E-state index in [4.69, 9.17) is 24.5 Å². The van der Waals surface area contributed by atoms with Gasteiger partial charge >= 0.3 is 0 Å². The first-order valence-corrected chi connectivity index (χ1v) is 8.68. The summed E-state index contributed by atoms with van der Waals surface area (Å²) in [6, 6.07) is 5.02. The lowest BCUT2D eigenvalue weighted by Gasteiger charge is -2.06. The van der Waals surface area contributed by atoms with Crippen LogP contribution in [-0.4, -0.2) is 11.0 Å². The Kier molecular flexibility index (Phi) is 4.00. The molecule has 0 saturated carbocycles. The summed E-state index contributed by atoms with van der Waals surface area (Å²) in [4.78, 5) is 4.84. The molecule has 0 aliphatic carbocycles. The summed E-state index contributed by atoms with van der Waals surface area (Å²) < 4.78 is 23.1. The van der Waals surface area contributed by atoms with Gasteiger partial charge in [-0.1, -0.05) is 17.7 Å². The molecule has 0 spiro atoms. The summed E-state index contributed by atoms with van der Waals surface area (Å²) >= 11 is 10.9. The van der Waals surface area contributed by atoms with Crippen molar-refractivity contribution in [1.82, 2.24) is 4.98 Å². The number of halogens is 2. The number of anilines is 1. The maximum absolute atomic E-state index is 8.27. The first-order valence-electron chi connectivity index (χ1n) is 7.63. The van der Waals surface area contributed by atoms with Gasteiger partial charge in [0, 0.05) is 29.9 Å². The summed E-state index contributed by atoms with van der Waals surface area (Å²) in [6.07, 6.45) is 0.534. The molecule has 0 amide bonds. The fourth-order valence-corrected chi connectivity index (χ4v) is 3.33. The van der Waals surface area contributed by atoms with Crippen LogP contribution >= 0.6 is 38.9 Å². The van der Waals surface area contributed by atoms with E-state index in [0.717, 1.165) is 0 Å². The van der Waals surface area contributed by atoms with E-state index in [0.29, 0.717) is 38.3 Å². The van der Waals surface area contributed by atoms with Gasteiger partial charge in [0.1, 0.15) is 16.4 Å². The Balaban J connectivity index is 2.07. The van der Waals surface area contributed by atoms with Crippen LogP contribution < -0.4 is 11.1 Å². The maximum Gasteiger partial charge on any atom is 0.177 e. The summed E-state index contributed by atoms with van der Waals surface area (Å²) in [5.74, 6) is 0.662. The Morgan fingerprint density at radius 1 is 1.64 bits per heavy atom. The number of fused-ring (bicyclic) bond motifs is 1. The quantitative estimate of drug-likeness (QED) is 0.601. The van der Waals surface area contributed by atoms with Crippen LogP contribution in [0.25, 0.3) is 11.1 Å². The molecule has 0 aliphatic heterocycles. The fraction of sp³-hybridized carbons (Fsp3) is 0.267. The first kappa shape index (κ1) is 13.4. The van der Waals surface area contributed by atoms with E-state index in [1.54, 1.807) is 18.2 Å². The molecule has 0 radical (unpaired) electrons. The molecule has 3 N–H and O–H groups in total. The van der Waals surface area contributed by atoms with Crippen LogP contribution in [0.4, 0.5) is 5.69 Å². The smallest absolute Gasteiger partial charge is 0.177 e. The van der Waals surface area contributed by atoms with Crippen molar-refractivity contribution in [2.24, 2.45) is 5.73 Å². The van der Waals surface area contributed by atoms with Gasteiger partial charge in [0.05, 0.1) is 12.9 Å². The standard InChI is InChI=1S/C15H15BrClN3OS/c1-8(18)5-11-13(16)14-15(21-11)10(6-12(17)20-14)19-7-9-3-2-4-22-9/h2-4,6,8H,5,7,18H2,1H3,(H,19,20)/t8-/m0/s1/i7D2. The lowest BCUT2D eigenvalue weighted by atomic mass is 10.2. The van der Waals surface area contributed by atoms with Crippen LogP contribution in [0, 0.1) is 0 Å². The average molecular weight is 403 g/mol. The monoisotopic (exact) mass is 401 g/mol. The van der Waals surface area contributed by atoms with Gasteiger partial charge in [-0.3, -0.25) is 0 Å². The number of nitrogens with zero attached hydrogens (tertiary/aromatic N) is 1. The summed E-state index contributed by atoms with van der Waals surface area (Å²) in [7, 11) is 0. The number of aromatic nitrogens is 1. The Labute approximate surface area is 148 Å². The van der Waals surface area contributed by atoms with Gasteiger partial charge in [-0.25, -0.2) is 4.98 Å². The average Bonchev–Trinajstić information content (AvgIpc) is 3.10. The van der Waals surface area contributed by atoms with Crippen LogP contribution in [-0.2, 0) is 12.9 Å². The molecule has 4 nitrogen and oxygen atoms in total.